The van der Waals surface area contributed by atoms with Gasteiger partial charge in [0.15, 0.2) is 0 Å². The number of H-pyrrole nitrogens is 1. The average molecular weight is 327 g/mol. The van der Waals surface area contributed by atoms with Crippen LogP contribution in [0, 0.1) is 0 Å². The monoisotopic (exact) mass is 326 g/mol. The van der Waals surface area contributed by atoms with E-state index in [1.165, 1.54) is 0 Å². The van der Waals surface area contributed by atoms with E-state index >= 15 is 0 Å². The molecule has 2 unspecified atom stereocenters. The summed E-state index contributed by atoms with van der Waals surface area (Å²) in [5.41, 5.74) is -0.546. The average Bonchev–Trinajstić information content (AvgIpc) is 2.32. The van der Waals surface area contributed by atoms with Crippen molar-refractivity contribution in [2.45, 2.75) is 23.5 Å². The molecule has 1 aromatic rings. The van der Waals surface area contributed by atoms with Gasteiger partial charge in [-0.05, 0) is 12.5 Å². The third-order valence-electron chi connectivity index (χ3n) is 2.55. The molecule has 0 aliphatic rings. The van der Waals surface area contributed by atoms with Crippen molar-refractivity contribution in [3.8, 4) is 0 Å². The summed E-state index contributed by atoms with van der Waals surface area (Å²) in [6, 6.07) is 1.09. The second-order valence-corrected chi connectivity index (χ2v) is 7.98. The Balaban J connectivity index is 2.73. The van der Waals surface area contributed by atoms with Crippen molar-refractivity contribution in [1.29, 1.82) is 0 Å². The first-order chi connectivity index (χ1) is 8.74. The number of aromatic amines is 1. The number of nitrogens with one attached hydrogen (secondary N) is 2. The fraction of sp³-hybridized carbons (Fsp3) is 0.500. The summed E-state index contributed by atoms with van der Waals surface area (Å²) in [6.07, 6.45) is 3.11. The van der Waals surface area contributed by atoms with E-state index in [0.717, 1.165) is 12.3 Å². The van der Waals surface area contributed by atoms with Gasteiger partial charge in [0.1, 0.15) is 5.02 Å². The lowest BCUT2D eigenvalue weighted by molar-refractivity contribution is 0.577. The summed E-state index contributed by atoms with van der Waals surface area (Å²) in [7, 11) is -4.72. The Kier molecular flexibility index (Phi) is 5.72. The minimum Gasteiger partial charge on any atom is -0.326 e. The molecule has 0 saturated heterocycles. The molecule has 0 aliphatic carbocycles. The number of rotatable bonds is 6. The van der Waals surface area contributed by atoms with Gasteiger partial charge in [-0.2, -0.15) is 0 Å². The molecule has 1 rings (SSSR count). The summed E-state index contributed by atoms with van der Waals surface area (Å²) in [6.45, 7) is 1.95. The van der Waals surface area contributed by atoms with Gasteiger partial charge in [0.05, 0.1) is 4.90 Å². The smallest absolute Gasteiger partial charge is 0.266 e. The van der Waals surface area contributed by atoms with Crippen LogP contribution in [-0.2, 0) is 20.8 Å². The maximum Gasteiger partial charge on any atom is 0.266 e. The van der Waals surface area contributed by atoms with Crippen LogP contribution in [0.2, 0.25) is 5.02 Å². The largest absolute Gasteiger partial charge is 0.326 e. The van der Waals surface area contributed by atoms with Gasteiger partial charge < -0.3 is 4.98 Å². The quantitative estimate of drug-likeness (QED) is 0.794. The predicted octanol–water partition coefficient (Wildman–Crippen LogP) is 0.464. The maximum absolute atomic E-state index is 11.9. The molecule has 0 fully saturated rings. The Labute approximate surface area is 119 Å². The highest BCUT2D eigenvalue weighted by atomic mass is 35.5. The van der Waals surface area contributed by atoms with Crippen LogP contribution < -0.4 is 10.3 Å². The topological polar surface area (TPSA) is 96.1 Å². The molecule has 0 radical (unpaired) electrons. The first kappa shape index (κ1) is 16.4. The van der Waals surface area contributed by atoms with E-state index < -0.39 is 26.4 Å². The molecule has 1 heterocycles. The zero-order valence-corrected chi connectivity index (χ0v) is 12.9. The number of halogens is 1. The minimum atomic E-state index is -3.72. The van der Waals surface area contributed by atoms with Crippen LogP contribution in [0.1, 0.15) is 13.3 Å². The molecule has 2 N–H and O–H groups in total. The van der Waals surface area contributed by atoms with Crippen LogP contribution in [0.4, 0.5) is 0 Å². The van der Waals surface area contributed by atoms with Crippen molar-refractivity contribution in [3.63, 3.8) is 0 Å². The molecular weight excluding hydrogens is 312 g/mol. The number of aromatic nitrogens is 1. The van der Waals surface area contributed by atoms with Gasteiger partial charge in [-0.1, -0.05) is 18.5 Å². The van der Waals surface area contributed by atoms with Crippen LogP contribution >= 0.6 is 11.6 Å². The van der Waals surface area contributed by atoms with Gasteiger partial charge >= 0.3 is 0 Å². The standard InChI is InChI=1S/C10H15ClN2O4S2/c1-7(18(2)15)3-4-13-19(16,17)8-5-9(11)10(14)12-6-8/h5-7,13H,3-4H2,1-2H3,(H,12,14). The SMILES string of the molecule is CC(CCNS(=O)(=O)c1c[nH]c(=O)c(Cl)c1)S(C)=O. The van der Waals surface area contributed by atoms with E-state index in [9.17, 15) is 17.4 Å². The number of sulfonamides is 1. The molecule has 0 aliphatic heterocycles. The fourth-order valence-electron chi connectivity index (χ4n) is 1.24. The maximum atomic E-state index is 11.9. The molecule has 9 heteroatoms. The second kappa shape index (κ2) is 6.65. The first-order valence-electron chi connectivity index (χ1n) is 5.44. The van der Waals surface area contributed by atoms with Crippen molar-refractivity contribution >= 4 is 32.4 Å². The minimum absolute atomic E-state index is 0.0955. The van der Waals surface area contributed by atoms with Crippen LogP contribution in [0.3, 0.4) is 0 Å². The van der Waals surface area contributed by atoms with E-state index in [1.54, 1.807) is 13.2 Å². The Bertz CT molecular complexity index is 627. The van der Waals surface area contributed by atoms with Gasteiger partial charge in [0, 0.05) is 35.0 Å². The van der Waals surface area contributed by atoms with E-state index in [4.69, 9.17) is 11.6 Å². The van der Waals surface area contributed by atoms with Crippen LogP contribution in [0.15, 0.2) is 22.0 Å². The summed E-state index contributed by atoms with van der Waals surface area (Å²) in [5, 5.41) is -0.284. The Hall–Kier alpha value is -0.700. The molecule has 0 aromatic carbocycles. The van der Waals surface area contributed by atoms with Crippen LogP contribution in [-0.4, -0.2) is 35.7 Å². The fourth-order valence-corrected chi connectivity index (χ4v) is 2.97. The van der Waals surface area contributed by atoms with Crippen LogP contribution in [0.5, 0.6) is 0 Å². The Morgan fingerprint density at radius 2 is 2.16 bits per heavy atom. The lowest BCUT2D eigenvalue weighted by Crippen LogP contribution is -2.28. The third-order valence-corrected chi connectivity index (χ3v) is 5.64. The van der Waals surface area contributed by atoms with Gasteiger partial charge in [-0.3, -0.25) is 9.00 Å². The molecule has 0 bridgehead atoms. The second-order valence-electron chi connectivity index (χ2n) is 4.01. The molecule has 1 aromatic heterocycles. The van der Waals surface area contributed by atoms with Gasteiger partial charge in [-0.15, -0.1) is 0 Å². The highest BCUT2D eigenvalue weighted by Gasteiger charge is 2.16. The lowest BCUT2D eigenvalue weighted by atomic mass is 10.3. The van der Waals surface area contributed by atoms with Crippen molar-refractivity contribution < 1.29 is 12.6 Å². The number of pyridine rings is 1. The zero-order chi connectivity index (χ0) is 14.6. The van der Waals surface area contributed by atoms with E-state index in [-0.39, 0.29) is 21.7 Å². The van der Waals surface area contributed by atoms with E-state index in [1.807, 2.05) is 0 Å². The Morgan fingerprint density at radius 1 is 1.53 bits per heavy atom. The van der Waals surface area contributed by atoms with Gasteiger partial charge in [-0.25, -0.2) is 13.1 Å². The highest BCUT2D eigenvalue weighted by Crippen LogP contribution is 2.10. The lowest BCUT2D eigenvalue weighted by Gasteiger charge is -2.10. The first-order valence-corrected chi connectivity index (χ1v) is 8.92. The van der Waals surface area contributed by atoms with Crippen molar-refractivity contribution in [2.24, 2.45) is 0 Å². The summed E-state index contributed by atoms with van der Waals surface area (Å²) >= 11 is 5.57. The van der Waals surface area contributed by atoms with Crippen molar-refractivity contribution in [3.05, 3.63) is 27.6 Å². The zero-order valence-electron chi connectivity index (χ0n) is 10.5. The molecule has 0 amide bonds. The molecule has 2 atom stereocenters. The molecular formula is C10H15ClN2O4S2. The molecule has 6 nitrogen and oxygen atoms in total. The molecule has 0 spiro atoms. The summed E-state index contributed by atoms with van der Waals surface area (Å²) < 4.78 is 37.3. The summed E-state index contributed by atoms with van der Waals surface area (Å²) in [5.74, 6) is 0. The van der Waals surface area contributed by atoms with Crippen molar-refractivity contribution in [2.75, 3.05) is 12.8 Å². The summed E-state index contributed by atoms with van der Waals surface area (Å²) in [4.78, 5) is 13.2. The van der Waals surface area contributed by atoms with Gasteiger partial charge in [0.25, 0.3) is 5.56 Å². The van der Waals surface area contributed by atoms with Gasteiger partial charge in [0.2, 0.25) is 10.0 Å². The number of hydrogen-bond donors (Lipinski definition) is 2. The third kappa shape index (κ3) is 4.72. The number of hydrogen-bond acceptors (Lipinski definition) is 4. The highest BCUT2D eigenvalue weighted by molar-refractivity contribution is 7.89. The van der Waals surface area contributed by atoms with E-state index in [2.05, 4.69) is 9.71 Å². The normalized spacial score (nSPS) is 15.1. The molecule has 19 heavy (non-hydrogen) atoms. The van der Waals surface area contributed by atoms with E-state index in [0.29, 0.717) is 6.42 Å². The Morgan fingerprint density at radius 3 is 2.68 bits per heavy atom. The molecule has 0 saturated carbocycles. The van der Waals surface area contributed by atoms with Crippen LogP contribution in [0.25, 0.3) is 0 Å². The predicted molar refractivity (Wildman–Crippen MR) is 75.4 cm³/mol. The molecule has 108 valence electrons. The van der Waals surface area contributed by atoms with Crippen molar-refractivity contribution in [1.82, 2.24) is 9.71 Å².